The first-order chi connectivity index (χ1) is 7.25. The molecule has 1 fully saturated rings. The summed E-state index contributed by atoms with van der Waals surface area (Å²) in [6, 6.07) is 4.62. The van der Waals surface area contributed by atoms with Gasteiger partial charge in [-0.15, -0.1) is 12.4 Å². The van der Waals surface area contributed by atoms with Crippen LogP contribution in [0, 0.1) is 0 Å². The van der Waals surface area contributed by atoms with Crippen LogP contribution in [-0.2, 0) is 0 Å². The minimum absolute atomic E-state index is 0. The lowest BCUT2D eigenvalue weighted by Crippen LogP contribution is -2.42. The maximum Gasteiger partial charge on any atom is 0.126 e. The van der Waals surface area contributed by atoms with E-state index in [-0.39, 0.29) is 18.4 Å². The Balaban J connectivity index is 0.00000128. The predicted molar refractivity (Wildman–Crippen MR) is 73.0 cm³/mol. The predicted octanol–water partition coefficient (Wildman–Crippen LogP) is 2.95. The van der Waals surface area contributed by atoms with E-state index in [2.05, 4.69) is 26.2 Å². The number of nitrogens with one attached hydrogen (secondary N) is 1. The van der Waals surface area contributed by atoms with Crippen molar-refractivity contribution in [3.05, 3.63) is 22.8 Å². The van der Waals surface area contributed by atoms with Gasteiger partial charge >= 0.3 is 0 Å². The molecule has 3 N–H and O–H groups in total. The summed E-state index contributed by atoms with van der Waals surface area (Å²) in [7, 11) is 0. The Labute approximate surface area is 111 Å². The summed E-state index contributed by atoms with van der Waals surface area (Å²) < 4.78 is 1.00. The quantitative estimate of drug-likeness (QED) is 0.883. The number of nitrogens with two attached hydrogens (primary N) is 1. The number of anilines is 1. The van der Waals surface area contributed by atoms with Crippen molar-refractivity contribution >= 4 is 34.2 Å². The van der Waals surface area contributed by atoms with Gasteiger partial charge in [-0.05, 0) is 40.9 Å². The van der Waals surface area contributed by atoms with Crippen LogP contribution >= 0.6 is 28.3 Å². The molecule has 2 unspecified atom stereocenters. The zero-order valence-electron chi connectivity index (χ0n) is 9.03. The van der Waals surface area contributed by atoms with E-state index in [0.29, 0.717) is 6.04 Å². The van der Waals surface area contributed by atoms with E-state index in [1.54, 1.807) is 6.20 Å². The van der Waals surface area contributed by atoms with Gasteiger partial charge in [0.25, 0.3) is 0 Å². The van der Waals surface area contributed by atoms with Crippen LogP contribution in [0.2, 0.25) is 0 Å². The number of aromatic nitrogens is 1. The molecule has 0 amide bonds. The highest BCUT2D eigenvalue weighted by Crippen LogP contribution is 2.20. The zero-order chi connectivity index (χ0) is 10.7. The van der Waals surface area contributed by atoms with E-state index in [1.807, 2.05) is 12.1 Å². The second kappa shape index (κ2) is 6.42. The van der Waals surface area contributed by atoms with Crippen LogP contribution in [0.4, 0.5) is 5.82 Å². The smallest absolute Gasteiger partial charge is 0.126 e. The van der Waals surface area contributed by atoms with Crippen LogP contribution in [0.25, 0.3) is 0 Å². The maximum atomic E-state index is 6.06. The molecular weight excluding hydrogens is 289 g/mol. The molecule has 0 aliphatic heterocycles. The summed E-state index contributed by atoms with van der Waals surface area (Å²) in [5.41, 5.74) is 6.06. The molecule has 90 valence electrons. The fourth-order valence-electron chi connectivity index (χ4n) is 1.99. The largest absolute Gasteiger partial charge is 0.366 e. The van der Waals surface area contributed by atoms with Crippen molar-refractivity contribution in [2.45, 2.75) is 37.8 Å². The molecule has 3 nitrogen and oxygen atoms in total. The van der Waals surface area contributed by atoms with Crippen molar-refractivity contribution in [3.63, 3.8) is 0 Å². The van der Waals surface area contributed by atoms with Gasteiger partial charge in [0.1, 0.15) is 5.82 Å². The molecule has 1 aromatic heterocycles. The monoisotopic (exact) mass is 305 g/mol. The van der Waals surface area contributed by atoms with Crippen molar-refractivity contribution in [2.24, 2.45) is 5.73 Å². The summed E-state index contributed by atoms with van der Waals surface area (Å²) in [6.45, 7) is 0. The average molecular weight is 307 g/mol. The van der Waals surface area contributed by atoms with E-state index in [9.17, 15) is 0 Å². The van der Waals surface area contributed by atoms with Crippen LogP contribution < -0.4 is 11.1 Å². The first-order valence-corrected chi connectivity index (χ1v) is 6.18. The number of halogens is 2. The first-order valence-electron chi connectivity index (χ1n) is 5.39. The molecule has 1 aromatic rings. The van der Waals surface area contributed by atoms with E-state index in [0.717, 1.165) is 23.1 Å². The topological polar surface area (TPSA) is 50.9 Å². The molecule has 5 heteroatoms. The van der Waals surface area contributed by atoms with Crippen molar-refractivity contribution in [2.75, 3.05) is 5.32 Å². The fraction of sp³-hybridized carbons (Fsp3) is 0.545. The Kier molecular flexibility index (Phi) is 5.52. The second-order valence-electron chi connectivity index (χ2n) is 4.06. The molecule has 1 aliphatic carbocycles. The normalized spacial score (nSPS) is 24.6. The third kappa shape index (κ3) is 3.61. The number of hydrogen-bond donors (Lipinski definition) is 2. The molecule has 0 radical (unpaired) electrons. The lowest BCUT2D eigenvalue weighted by atomic mass is 9.91. The molecular formula is C11H17BrClN3. The highest BCUT2D eigenvalue weighted by molar-refractivity contribution is 9.10. The molecule has 0 spiro atoms. The van der Waals surface area contributed by atoms with Crippen LogP contribution in [-0.4, -0.2) is 17.1 Å². The minimum atomic E-state index is 0. The van der Waals surface area contributed by atoms with Gasteiger partial charge in [0.2, 0.25) is 0 Å². The van der Waals surface area contributed by atoms with Gasteiger partial charge in [-0.2, -0.15) is 0 Å². The summed E-state index contributed by atoms with van der Waals surface area (Å²) in [5, 5.41) is 3.40. The zero-order valence-corrected chi connectivity index (χ0v) is 11.4. The van der Waals surface area contributed by atoms with Crippen molar-refractivity contribution < 1.29 is 0 Å². The molecule has 1 saturated carbocycles. The Hall–Kier alpha value is -0.320. The van der Waals surface area contributed by atoms with Gasteiger partial charge in [-0.1, -0.05) is 12.8 Å². The summed E-state index contributed by atoms with van der Waals surface area (Å²) in [6.07, 6.45) is 6.60. The molecule has 1 aliphatic rings. The van der Waals surface area contributed by atoms with E-state index < -0.39 is 0 Å². The fourth-order valence-corrected chi connectivity index (χ4v) is 2.22. The van der Waals surface area contributed by atoms with E-state index in [1.165, 1.54) is 12.8 Å². The Morgan fingerprint density at radius 2 is 2.06 bits per heavy atom. The van der Waals surface area contributed by atoms with Gasteiger partial charge in [0, 0.05) is 22.8 Å². The molecule has 16 heavy (non-hydrogen) atoms. The second-order valence-corrected chi connectivity index (χ2v) is 4.98. The molecule has 1 heterocycles. The Morgan fingerprint density at radius 1 is 1.31 bits per heavy atom. The molecule has 0 aromatic carbocycles. The van der Waals surface area contributed by atoms with Gasteiger partial charge in [0.15, 0.2) is 0 Å². The average Bonchev–Trinajstić information content (AvgIpc) is 2.25. The lowest BCUT2D eigenvalue weighted by molar-refractivity contribution is 0.403. The highest BCUT2D eigenvalue weighted by atomic mass is 79.9. The van der Waals surface area contributed by atoms with Crippen molar-refractivity contribution in [1.29, 1.82) is 0 Å². The maximum absolute atomic E-state index is 6.06. The van der Waals surface area contributed by atoms with Crippen LogP contribution in [0.1, 0.15) is 25.7 Å². The molecule has 2 rings (SSSR count). The first kappa shape index (κ1) is 13.7. The van der Waals surface area contributed by atoms with Crippen LogP contribution in [0.15, 0.2) is 22.8 Å². The third-order valence-corrected chi connectivity index (χ3v) is 3.35. The summed E-state index contributed by atoms with van der Waals surface area (Å²) >= 11 is 3.37. The van der Waals surface area contributed by atoms with Gasteiger partial charge in [0.05, 0.1) is 0 Å². The molecule has 2 atom stereocenters. The minimum Gasteiger partial charge on any atom is -0.366 e. The molecule has 0 saturated heterocycles. The van der Waals surface area contributed by atoms with Crippen LogP contribution in [0.5, 0.6) is 0 Å². The number of pyridine rings is 1. The van der Waals surface area contributed by atoms with E-state index >= 15 is 0 Å². The lowest BCUT2D eigenvalue weighted by Gasteiger charge is -2.29. The van der Waals surface area contributed by atoms with Gasteiger partial charge in [-0.25, -0.2) is 4.98 Å². The summed E-state index contributed by atoms with van der Waals surface area (Å²) in [5.74, 6) is 0.917. The number of nitrogens with zero attached hydrogens (tertiary/aromatic N) is 1. The Bertz CT molecular complexity index is 318. The standard InChI is InChI=1S/C11H16BrN3.ClH/c12-8-5-6-11(14-7-8)15-10-4-2-1-3-9(10)13;/h5-7,9-10H,1-4,13H2,(H,14,15);1H. The highest BCUT2D eigenvalue weighted by Gasteiger charge is 2.21. The van der Waals surface area contributed by atoms with Gasteiger partial charge in [-0.3, -0.25) is 0 Å². The van der Waals surface area contributed by atoms with Gasteiger partial charge < -0.3 is 11.1 Å². The SMILES string of the molecule is Cl.NC1CCCCC1Nc1ccc(Br)cn1. The van der Waals surface area contributed by atoms with E-state index in [4.69, 9.17) is 5.73 Å². The third-order valence-electron chi connectivity index (χ3n) is 2.88. The number of rotatable bonds is 2. The Morgan fingerprint density at radius 3 is 2.69 bits per heavy atom. The summed E-state index contributed by atoms with van der Waals surface area (Å²) in [4.78, 5) is 4.29. The molecule has 0 bridgehead atoms. The number of hydrogen-bond acceptors (Lipinski definition) is 3. The van der Waals surface area contributed by atoms with Crippen molar-refractivity contribution in [1.82, 2.24) is 4.98 Å². The van der Waals surface area contributed by atoms with Crippen molar-refractivity contribution in [3.8, 4) is 0 Å². The van der Waals surface area contributed by atoms with Crippen LogP contribution in [0.3, 0.4) is 0 Å².